The van der Waals surface area contributed by atoms with Crippen molar-refractivity contribution in [2.45, 2.75) is 45.1 Å². The van der Waals surface area contributed by atoms with Crippen LogP contribution in [0.2, 0.25) is 0 Å². The Morgan fingerprint density at radius 2 is 1.55 bits per heavy atom. The lowest BCUT2D eigenvalue weighted by Crippen LogP contribution is -2.52. The topological polar surface area (TPSA) is 166 Å². The van der Waals surface area contributed by atoms with Gasteiger partial charge in [-0.25, -0.2) is 4.79 Å². The van der Waals surface area contributed by atoms with Crippen molar-refractivity contribution in [3.63, 3.8) is 0 Å². The molecule has 0 radical (unpaired) electrons. The van der Waals surface area contributed by atoms with E-state index in [-0.39, 0.29) is 13.0 Å². The summed E-state index contributed by atoms with van der Waals surface area (Å²) in [6, 6.07) is 7.92. The molecular weight excluding hydrogens is 408 g/mol. The molecule has 0 saturated heterocycles. The second-order valence-corrected chi connectivity index (χ2v) is 7.67. The number of amides is 4. The number of alkyl carbamates (subject to hydrolysis) is 1. The number of carbonyl (C=O) groups excluding carboxylic acids is 4. The molecule has 0 aromatic heterocycles. The van der Waals surface area contributed by atoms with Crippen LogP contribution in [0.3, 0.4) is 0 Å². The van der Waals surface area contributed by atoms with Crippen molar-refractivity contribution in [3.8, 4) is 0 Å². The number of benzene rings is 1. The zero-order valence-corrected chi connectivity index (χ0v) is 17.8. The Balaban J connectivity index is 2.54. The van der Waals surface area contributed by atoms with E-state index in [1.165, 1.54) is 0 Å². The molecule has 0 bridgehead atoms. The summed E-state index contributed by atoms with van der Waals surface area (Å²) in [7, 11) is 0. The fourth-order valence-corrected chi connectivity index (χ4v) is 2.33. The Labute approximate surface area is 180 Å². The van der Waals surface area contributed by atoms with Gasteiger partial charge >= 0.3 is 6.09 Å². The van der Waals surface area contributed by atoms with Crippen LogP contribution >= 0.6 is 0 Å². The summed E-state index contributed by atoms with van der Waals surface area (Å²) >= 11 is 0. The van der Waals surface area contributed by atoms with Gasteiger partial charge in [-0.2, -0.15) is 0 Å². The summed E-state index contributed by atoms with van der Waals surface area (Å²) in [6.07, 6.45) is -2.33. The van der Waals surface area contributed by atoms with Crippen LogP contribution in [0.1, 0.15) is 26.3 Å². The molecule has 1 aromatic rings. The fourth-order valence-electron chi connectivity index (χ4n) is 2.33. The second-order valence-electron chi connectivity index (χ2n) is 7.67. The van der Waals surface area contributed by atoms with E-state index in [1.807, 2.05) is 0 Å². The third kappa shape index (κ3) is 12.2. The average molecular weight is 438 g/mol. The Bertz CT molecular complexity index is 748. The van der Waals surface area contributed by atoms with Crippen LogP contribution in [-0.2, 0) is 25.5 Å². The van der Waals surface area contributed by atoms with Gasteiger partial charge in [0.2, 0.25) is 17.7 Å². The van der Waals surface area contributed by atoms with Crippen molar-refractivity contribution in [1.82, 2.24) is 21.3 Å². The van der Waals surface area contributed by atoms with Gasteiger partial charge in [0.25, 0.3) is 0 Å². The number of nitrogens with one attached hydrogen (secondary N) is 4. The van der Waals surface area contributed by atoms with Gasteiger partial charge in [-0.3, -0.25) is 14.4 Å². The normalized spacial score (nSPS) is 11.9. The predicted molar refractivity (Wildman–Crippen MR) is 111 cm³/mol. The molecular formula is C20H30N4O7. The third-order valence-corrected chi connectivity index (χ3v) is 3.63. The zero-order valence-electron chi connectivity index (χ0n) is 17.8. The van der Waals surface area contributed by atoms with Crippen molar-refractivity contribution in [2.24, 2.45) is 0 Å². The summed E-state index contributed by atoms with van der Waals surface area (Å²) in [5.74, 6) is -1.86. The number of hydrogen-bond donors (Lipinski definition) is 6. The maximum atomic E-state index is 12.3. The van der Waals surface area contributed by atoms with E-state index in [1.54, 1.807) is 51.1 Å². The van der Waals surface area contributed by atoms with E-state index in [4.69, 9.17) is 14.9 Å². The van der Waals surface area contributed by atoms with Crippen LogP contribution in [0.4, 0.5) is 4.79 Å². The van der Waals surface area contributed by atoms with Gasteiger partial charge in [0.15, 0.2) is 6.29 Å². The van der Waals surface area contributed by atoms with Gasteiger partial charge in [-0.15, -0.1) is 0 Å². The minimum absolute atomic E-state index is 0.161. The molecule has 4 amide bonds. The number of rotatable bonds is 10. The van der Waals surface area contributed by atoms with E-state index in [9.17, 15) is 19.2 Å². The van der Waals surface area contributed by atoms with Gasteiger partial charge in [0, 0.05) is 6.42 Å². The third-order valence-electron chi connectivity index (χ3n) is 3.63. The van der Waals surface area contributed by atoms with E-state index >= 15 is 0 Å². The fraction of sp³-hybridized carbons (Fsp3) is 0.500. The van der Waals surface area contributed by atoms with Gasteiger partial charge < -0.3 is 36.2 Å². The minimum atomic E-state index is -1.73. The molecule has 0 fully saturated rings. The largest absolute Gasteiger partial charge is 0.444 e. The van der Waals surface area contributed by atoms with Crippen LogP contribution in [0.5, 0.6) is 0 Å². The van der Waals surface area contributed by atoms with Gasteiger partial charge in [-0.05, 0) is 26.3 Å². The SMILES string of the molecule is CC(C)(C)OC(=O)NCC(=O)NCC(=O)N[C@@H](Cc1ccccc1)C(=O)NCC(O)O. The average Bonchev–Trinajstić information content (AvgIpc) is 2.68. The lowest BCUT2D eigenvalue weighted by Gasteiger charge is -2.20. The maximum absolute atomic E-state index is 12.3. The van der Waals surface area contributed by atoms with Crippen LogP contribution in [0, 0.1) is 0 Å². The predicted octanol–water partition coefficient (Wildman–Crippen LogP) is -1.22. The lowest BCUT2D eigenvalue weighted by atomic mass is 10.1. The highest BCUT2D eigenvalue weighted by molar-refractivity contribution is 5.91. The Hall–Kier alpha value is -3.18. The molecule has 0 heterocycles. The van der Waals surface area contributed by atoms with Crippen molar-refractivity contribution >= 4 is 23.8 Å². The first-order valence-electron chi connectivity index (χ1n) is 9.67. The van der Waals surface area contributed by atoms with Gasteiger partial charge in [0.1, 0.15) is 18.2 Å². The quantitative estimate of drug-likeness (QED) is 0.249. The van der Waals surface area contributed by atoms with Crippen LogP contribution in [0.15, 0.2) is 30.3 Å². The van der Waals surface area contributed by atoms with E-state index in [2.05, 4.69) is 21.3 Å². The van der Waals surface area contributed by atoms with Crippen LogP contribution in [-0.4, -0.2) is 71.6 Å². The summed E-state index contributed by atoms with van der Waals surface area (Å²) < 4.78 is 5.00. The standard InChI is InChI=1S/C20H30N4O7/c1-20(2,3)31-19(30)23-10-15(25)21-11-16(26)24-14(18(29)22-12-17(27)28)9-13-7-5-4-6-8-13/h4-8,14,17,27-28H,9-12H2,1-3H3,(H,21,25)(H,22,29)(H,23,30)(H,24,26)/t14-/m0/s1. The van der Waals surface area contributed by atoms with E-state index in [0.717, 1.165) is 5.56 Å². The van der Waals surface area contributed by atoms with E-state index < -0.39 is 54.8 Å². The first-order valence-corrected chi connectivity index (χ1v) is 9.67. The molecule has 1 atom stereocenters. The molecule has 0 unspecified atom stereocenters. The summed E-state index contributed by atoms with van der Waals surface area (Å²) in [5, 5.41) is 27.3. The molecule has 172 valence electrons. The van der Waals surface area contributed by atoms with E-state index in [0.29, 0.717) is 0 Å². The number of aliphatic hydroxyl groups excluding tert-OH is 1. The molecule has 0 saturated carbocycles. The summed E-state index contributed by atoms with van der Waals surface area (Å²) in [4.78, 5) is 47.9. The highest BCUT2D eigenvalue weighted by Crippen LogP contribution is 2.06. The molecule has 6 N–H and O–H groups in total. The monoisotopic (exact) mass is 438 g/mol. The molecule has 1 rings (SSSR count). The molecule has 0 aliphatic rings. The molecule has 31 heavy (non-hydrogen) atoms. The maximum Gasteiger partial charge on any atom is 0.408 e. The Kier molecular flexibility index (Phi) is 10.4. The molecule has 0 aliphatic carbocycles. The molecule has 0 aliphatic heterocycles. The van der Waals surface area contributed by atoms with Crippen LogP contribution in [0.25, 0.3) is 0 Å². The van der Waals surface area contributed by atoms with Gasteiger partial charge in [0.05, 0.1) is 13.1 Å². The number of aliphatic hydroxyl groups is 2. The molecule has 1 aromatic carbocycles. The number of ether oxygens (including phenoxy) is 1. The highest BCUT2D eigenvalue weighted by Gasteiger charge is 2.22. The molecule has 11 nitrogen and oxygen atoms in total. The lowest BCUT2D eigenvalue weighted by molar-refractivity contribution is -0.130. The molecule has 11 heteroatoms. The minimum Gasteiger partial charge on any atom is -0.444 e. The first kappa shape index (κ1) is 25.9. The smallest absolute Gasteiger partial charge is 0.408 e. The zero-order chi connectivity index (χ0) is 23.4. The Morgan fingerprint density at radius 3 is 2.13 bits per heavy atom. The Morgan fingerprint density at radius 1 is 0.935 bits per heavy atom. The van der Waals surface area contributed by atoms with Crippen molar-refractivity contribution in [2.75, 3.05) is 19.6 Å². The van der Waals surface area contributed by atoms with Crippen LogP contribution < -0.4 is 21.3 Å². The van der Waals surface area contributed by atoms with Gasteiger partial charge in [-0.1, -0.05) is 30.3 Å². The molecule has 0 spiro atoms. The number of carbonyl (C=O) groups is 4. The summed E-state index contributed by atoms with van der Waals surface area (Å²) in [6.45, 7) is 3.84. The second kappa shape index (κ2) is 12.5. The first-order chi connectivity index (χ1) is 14.5. The van der Waals surface area contributed by atoms with Crippen molar-refractivity contribution in [3.05, 3.63) is 35.9 Å². The van der Waals surface area contributed by atoms with Crippen molar-refractivity contribution in [1.29, 1.82) is 0 Å². The summed E-state index contributed by atoms with van der Waals surface area (Å²) in [5.41, 5.74) is 0.0685. The van der Waals surface area contributed by atoms with Crippen molar-refractivity contribution < 1.29 is 34.1 Å². The number of hydrogen-bond acceptors (Lipinski definition) is 7. The highest BCUT2D eigenvalue weighted by atomic mass is 16.6.